The van der Waals surface area contributed by atoms with Gasteiger partial charge in [-0.05, 0) is 77.2 Å². The van der Waals surface area contributed by atoms with Crippen LogP contribution in [-0.4, -0.2) is 19.6 Å². The lowest BCUT2D eigenvalue weighted by molar-refractivity contribution is 0.477. The largest absolute Gasteiger partial charge is 0.507 e. The molecule has 3 heterocycles. The van der Waals surface area contributed by atoms with Gasteiger partial charge in [0.05, 0.1) is 33.8 Å². The third kappa shape index (κ3) is 5.22. The molecule has 0 saturated heterocycles. The van der Waals surface area contributed by atoms with Gasteiger partial charge in [0.15, 0.2) is 0 Å². The van der Waals surface area contributed by atoms with Crippen LogP contribution in [0.25, 0.3) is 72.4 Å². The van der Waals surface area contributed by atoms with Crippen molar-refractivity contribution in [1.29, 1.82) is 0 Å². The summed E-state index contributed by atoms with van der Waals surface area (Å²) < 4.78 is 2.36. The van der Waals surface area contributed by atoms with E-state index < -0.39 is 0 Å². The topological polar surface area (TPSA) is 50.9 Å². The second-order valence-corrected chi connectivity index (χ2v) is 13.3. The molecular weight excluding hydrogens is 587 g/mol. The van der Waals surface area contributed by atoms with Crippen LogP contribution in [0.4, 0.5) is 0 Å². The number of benzene rings is 5. The van der Waals surface area contributed by atoms with Crippen LogP contribution in [0.2, 0.25) is 0 Å². The lowest BCUT2D eigenvalue weighted by atomic mass is 9.87. The van der Waals surface area contributed by atoms with E-state index in [1.54, 1.807) is 6.07 Å². The number of phenols is 1. The minimum Gasteiger partial charge on any atom is -0.507 e. The average molecular weight is 622 g/mol. The van der Waals surface area contributed by atoms with Crippen molar-refractivity contribution in [2.24, 2.45) is 0 Å². The second-order valence-electron chi connectivity index (χ2n) is 13.3. The monoisotopic (exact) mass is 621 g/mol. The van der Waals surface area contributed by atoms with Crippen LogP contribution in [0.5, 0.6) is 5.75 Å². The molecule has 4 heteroatoms. The minimum atomic E-state index is 0.0154. The molecule has 4 nitrogen and oxygen atoms in total. The standard InChI is InChI=1S/C44H35N3O/c1-44(2,3)32-23-24-45-37(28-32)29-13-12-14-30(25-29)38-26-31(27-39(46-38)36-18-7-11-22-43(36)48)33-15-4-8-19-40(33)47-41-20-9-5-16-34(41)35-17-6-10-21-42(35)47/h4-28,48H,1-3H3. The first-order valence-electron chi connectivity index (χ1n) is 16.3. The molecule has 0 amide bonds. The number of hydrogen-bond acceptors (Lipinski definition) is 3. The van der Waals surface area contributed by atoms with Gasteiger partial charge in [0.25, 0.3) is 0 Å². The quantitative estimate of drug-likeness (QED) is 0.208. The van der Waals surface area contributed by atoms with Crippen molar-refractivity contribution in [2.45, 2.75) is 26.2 Å². The summed E-state index contributed by atoms with van der Waals surface area (Å²) in [5.74, 6) is 0.195. The van der Waals surface area contributed by atoms with E-state index in [2.05, 4.69) is 147 Å². The van der Waals surface area contributed by atoms with Gasteiger partial charge in [-0.15, -0.1) is 0 Å². The Hall–Kier alpha value is -6.00. The van der Waals surface area contributed by atoms with Crippen molar-refractivity contribution < 1.29 is 5.11 Å². The van der Waals surface area contributed by atoms with Crippen molar-refractivity contribution >= 4 is 21.8 Å². The third-order valence-electron chi connectivity index (χ3n) is 9.12. The van der Waals surface area contributed by atoms with E-state index in [4.69, 9.17) is 9.97 Å². The maximum absolute atomic E-state index is 11.0. The zero-order chi connectivity index (χ0) is 32.8. The van der Waals surface area contributed by atoms with Gasteiger partial charge in [-0.25, -0.2) is 4.98 Å². The van der Waals surface area contributed by atoms with Gasteiger partial charge >= 0.3 is 0 Å². The normalized spacial score (nSPS) is 11.7. The molecule has 8 aromatic rings. The van der Waals surface area contributed by atoms with E-state index in [-0.39, 0.29) is 11.2 Å². The van der Waals surface area contributed by atoms with Crippen LogP contribution >= 0.6 is 0 Å². The van der Waals surface area contributed by atoms with Crippen molar-refractivity contribution in [2.75, 3.05) is 0 Å². The van der Waals surface area contributed by atoms with E-state index in [0.29, 0.717) is 11.3 Å². The Morgan fingerprint density at radius 2 is 1.12 bits per heavy atom. The molecule has 232 valence electrons. The first kappa shape index (κ1) is 29.4. The summed E-state index contributed by atoms with van der Waals surface area (Å²) in [7, 11) is 0. The second kappa shape index (κ2) is 11.7. The molecule has 48 heavy (non-hydrogen) atoms. The number of aromatic hydroxyl groups is 1. The van der Waals surface area contributed by atoms with Gasteiger partial charge in [-0.3, -0.25) is 4.98 Å². The van der Waals surface area contributed by atoms with Crippen LogP contribution in [0.15, 0.2) is 152 Å². The molecule has 0 saturated carbocycles. The Labute approximate surface area is 280 Å². The highest BCUT2D eigenvalue weighted by molar-refractivity contribution is 6.09. The molecule has 0 fully saturated rings. The van der Waals surface area contributed by atoms with Crippen LogP contribution < -0.4 is 0 Å². The molecule has 0 aliphatic heterocycles. The minimum absolute atomic E-state index is 0.0154. The van der Waals surface area contributed by atoms with E-state index >= 15 is 0 Å². The van der Waals surface area contributed by atoms with Gasteiger partial charge < -0.3 is 9.67 Å². The number of nitrogens with zero attached hydrogens (tertiary/aromatic N) is 3. The zero-order valence-electron chi connectivity index (χ0n) is 27.2. The van der Waals surface area contributed by atoms with Crippen LogP contribution in [0, 0.1) is 0 Å². The molecular formula is C44H35N3O. The number of hydrogen-bond donors (Lipinski definition) is 1. The Bertz CT molecular complexity index is 2410. The maximum Gasteiger partial charge on any atom is 0.124 e. The van der Waals surface area contributed by atoms with Gasteiger partial charge in [-0.2, -0.15) is 0 Å². The van der Waals surface area contributed by atoms with Gasteiger partial charge in [-0.1, -0.05) is 106 Å². The number of phenolic OH excluding ortho intramolecular Hbond substituents is 1. The van der Waals surface area contributed by atoms with Gasteiger partial charge in [0, 0.05) is 39.2 Å². The summed E-state index contributed by atoms with van der Waals surface area (Å²) in [5, 5.41) is 13.4. The summed E-state index contributed by atoms with van der Waals surface area (Å²) in [6, 6.07) is 50.0. The lowest BCUT2D eigenvalue weighted by Crippen LogP contribution is -2.11. The van der Waals surface area contributed by atoms with Crippen molar-refractivity contribution in [3.8, 4) is 56.3 Å². The van der Waals surface area contributed by atoms with Crippen molar-refractivity contribution in [3.63, 3.8) is 0 Å². The molecule has 0 radical (unpaired) electrons. The molecule has 0 spiro atoms. The summed E-state index contributed by atoms with van der Waals surface area (Å²) in [6.45, 7) is 6.65. The highest BCUT2D eigenvalue weighted by Gasteiger charge is 2.19. The van der Waals surface area contributed by atoms with Crippen LogP contribution in [0.1, 0.15) is 26.3 Å². The summed E-state index contributed by atoms with van der Waals surface area (Å²) in [4.78, 5) is 9.89. The number of aromatic nitrogens is 3. The van der Waals surface area contributed by atoms with Gasteiger partial charge in [0.1, 0.15) is 5.75 Å². The van der Waals surface area contributed by atoms with Crippen LogP contribution in [0.3, 0.4) is 0 Å². The molecule has 5 aromatic carbocycles. The zero-order valence-corrected chi connectivity index (χ0v) is 27.2. The molecule has 1 N–H and O–H groups in total. The van der Waals surface area contributed by atoms with E-state index in [9.17, 15) is 5.11 Å². The molecule has 0 unspecified atom stereocenters. The van der Waals surface area contributed by atoms with Gasteiger partial charge in [0.2, 0.25) is 0 Å². The Balaban J connectivity index is 1.35. The predicted molar refractivity (Wildman–Crippen MR) is 198 cm³/mol. The Morgan fingerprint density at radius 3 is 1.83 bits per heavy atom. The molecule has 0 aliphatic carbocycles. The maximum atomic E-state index is 11.0. The number of pyridine rings is 2. The Kier molecular flexibility index (Phi) is 7.14. The first-order chi connectivity index (χ1) is 23.3. The molecule has 8 rings (SSSR count). The molecule has 0 atom stereocenters. The van der Waals surface area contributed by atoms with E-state index in [1.165, 1.54) is 16.3 Å². The van der Waals surface area contributed by atoms with Crippen LogP contribution in [-0.2, 0) is 5.41 Å². The third-order valence-corrected chi connectivity index (χ3v) is 9.12. The fourth-order valence-electron chi connectivity index (χ4n) is 6.65. The lowest BCUT2D eigenvalue weighted by Gasteiger charge is -2.19. The van der Waals surface area contributed by atoms with E-state index in [0.717, 1.165) is 50.4 Å². The molecule has 3 aromatic heterocycles. The number of para-hydroxylation sites is 4. The summed E-state index contributed by atoms with van der Waals surface area (Å²) in [5.41, 5.74) is 11.8. The summed E-state index contributed by atoms with van der Waals surface area (Å²) in [6.07, 6.45) is 1.89. The highest BCUT2D eigenvalue weighted by Crippen LogP contribution is 2.39. The van der Waals surface area contributed by atoms with E-state index in [1.807, 2.05) is 24.4 Å². The van der Waals surface area contributed by atoms with Crippen molar-refractivity contribution in [3.05, 3.63) is 157 Å². The fraction of sp³-hybridized carbons (Fsp3) is 0.0909. The highest BCUT2D eigenvalue weighted by atomic mass is 16.3. The average Bonchev–Trinajstić information content (AvgIpc) is 3.46. The predicted octanol–water partition coefficient (Wildman–Crippen LogP) is 11.2. The molecule has 0 bridgehead atoms. The fourth-order valence-corrected chi connectivity index (χ4v) is 6.65. The number of fused-ring (bicyclic) bond motifs is 3. The SMILES string of the molecule is CC(C)(C)c1ccnc(-c2cccc(-c3cc(-c4ccccc4-n4c5ccccc5c5ccccc54)cc(-c4ccccc4O)n3)c2)c1. The Morgan fingerprint density at radius 1 is 0.521 bits per heavy atom. The first-order valence-corrected chi connectivity index (χ1v) is 16.3. The molecule has 0 aliphatic rings. The summed E-state index contributed by atoms with van der Waals surface area (Å²) >= 11 is 0. The number of rotatable bonds is 5. The smallest absolute Gasteiger partial charge is 0.124 e. The van der Waals surface area contributed by atoms with Crippen molar-refractivity contribution in [1.82, 2.24) is 14.5 Å².